The van der Waals surface area contributed by atoms with Gasteiger partial charge in [0.2, 0.25) is 0 Å². The molecule has 12 heteroatoms. The highest BCUT2D eigenvalue weighted by molar-refractivity contribution is 6.65. The van der Waals surface area contributed by atoms with Gasteiger partial charge in [-0.15, -0.1) is 0 Å². The Morgan fingerprint density at radius 1 is 0.250 bits per heavy atom. The molecule has 2 aromatic heterocycles. The monoisotopic (exact) mass is 1380 g/mol. The lowest BCUT2D eigenvalue weighted by Crippen LogP contribution is -2.41. The highest BCUT2D eigenvalue weighted by Crippen LogP contribution is 2.63. The van der Waals surface area contributed by atoms with Gasteiger partial charge in [-0.1, -0.05) is 358 Å². The van der Waals surface area contributed by atoms with Crippen LogP contribution < -0.4 is 10.9 Å². The number of nitrogens with zero attached hydrogens (tertiary/aromatic N) is 4. The van der Waals surface area contributed by atoms with Gasteiger partial charge in [0.25, 0.3) is 0 Å². The van der Waals surface area contributed by atoms with E-state index in [1.165, 1.54) is 327 Å². The van der Waals surface area contributed by atoms with E-state index in [1.54, 1.807) is 0 Å². The zero-order valence-electron chi connectivity index (χ0n) is 66.5. The van der Waals surface area contributed by atoms with Gasteiger partial charge < -0.3 is 18.6 Å². The summed E-state index contributed by atoms with van der Waals surface area (Å²) in [6, 6.07) is 10.4. The van der Waals surface area contributed by atoms with Gasteiger partial charge in [-0.2, -0.15) is 0 Å². The first-order valence-corrected chi connectivity index (χ1v) is 43.0. The van der Waals surface area contributed by atoms with E-state index in [0.29, 0.717) is 0 Å². The summed E-state index contributed by atoms with van der Waals surface area (Å²) < 4.78 is 40.2. The van der Waals surface area contributed by atoms with Crippen LogP contribution in [0.3, 0.4) is 0 Å². The van der Waals surface area contributed by atoms with Crippen LogP contribution in [0.4, 0.5) is 0 Å². The summed E-state index contributed by atoms with van der Waals surface area (Å²) in [5, 5.41) is 19.8. The van der Waals surface area contributed by atoms with Crippen LogP contribution in [0.25, 0.3) is 44.3 Å². The summed E-state index contributed by atoms with van der Waals surface area (Å²) in [4.78, 5) is 0. The Morgan fingerprint density at radius 2 is 0.450 bits per heavy atom. The Balaban J connectivity index is 1.14. The lowest BCUT2D eigenvalue weighted by molar-refractivity contribution is 0.00578. The standard InChI is InChI=1S/C88H144B2N4O6/c1-13-17-21-25-29-33-37-41-45-49-53-57-61-87(62-58-54-50-46-42-38-34-30-26-22-18-14-2)71-65-70-72(66-69(71)77-73(87)67-75(79-81(77)93-99-91-79)89-95-83(5,6)84(7,8)96-89)88(63-59-55-51-47-43-39-35-31-27-23-19-15-3,64-60-56-52-48-44-40-36-32-28-24-20-16-4)74-68-76(80-82(78(70)74)94-100-92-80)90-97-85(9,10)86(11,12)98-90/h65-68H,13-64H2,1-12H3. The molecule has 0 amide bonds. The molecule has 0 saturated carbocycles. The summed E-state index contributed by atoms with van der Waals surface area (Å²) in [5.41, 5.74) is 12.9. The predicted octanol–water partition coefficient (Wildman–Crippen LogP) is 26.3. The van der Waals surface area contributed by atoms with E-state index in [9.17, 15) is 0 Å². The first kappa shape index (κ1) is 80.5. The van der Waals surface area contributed by atoms with E-state index in [1.807, 2.05) is 0 Å². The van der Waals surface area contributed by atoms with Crippen LogP contribution in [0.2, 0.25) is 0 Å². The molecule has 2 fully saturated rings. The van der Waals surface area contributed by atoms with Crippen molar-refractivity contribution in [3.05, 3.63) is 46.5 Å². The molecule has 0 radical (unpaired) electrons. The maximum atomic E-state index is 7.04. The van der Waals surface area contributed by atoms with Crippen molar-refractivity contribution in [2.45, 2.75) is 450 Å². The van der Waals surface area contributed by atoms with Crippen molar-refractivity contribution in [3.63, 3.8) is 0 Å². The van der Waals surface area contributed by atoms with Gasteiger partial charge in [0.05, 0.1) is 22.4 Å². The smallest absolute Gasteiger partial charge is 0.399 e. The molecule has 10 nitrogen and oxygen atoms in total. The number of fused-ring (bicyclic) bond motifs is 10. The van der Waals surface area contributed by atoms with E-state index in [0.717, 1.165) is 84.4 Å². The van der Waals surface area contributed by atoms with Gasteiger partial charge in [0.1, 0.15) is 22.1 Å². The van der Waals surface area contributed by atoms with Crippen LogP contribution in [-0.4, -0.2) is 57.3 Å². The zero-order chi connectivity index (χ0) is 70.9. The SMILES string of the molecule is CCCCCCCCCCCCCCC1(CCCCCCCCCCCCCC)c2cc3c(cc2-c2c1cc(B1OC(C)(C)C(C)(C)O1)c1nonc21)C(CCCCCCCCCCCCCC)(CCCCCCCCCCCCCC)c1cc(B2OC(C)(C)C(C)(C)O2)c2nonc2c1-3. The third-order valence-electron chi connectivity index (χ3n) is 25.7. The molecule has 3 aromatic carbocycles. The molecule has 9 rings (SSSR count). The number of rotatable bonds is 54. The molecule has 0 N–H and O–H groups in total. The minimum Gasteiger partial charge on any atom is -0.399 e. The Labute approximate surface area is 611 Å². The first-order chi connectivity index (χ1) is 48.5. The second kappa shape index (κ2) is 39.7. The van der Waals surface area contributed by atoms with Crippen LogP contribution in [0.5, 0.6) is 0 Å². The van der Waals surface area contributed by atoms with Crippen LogP contribution in [0, 0.1) is 0 Å². The molecule has 2 saturated heterocycles. The topological polar surface area (TPSA) is 115 Å². The van der Waals surface area contributed by atoms with Crippen molar-refractivity contribution in [3.8, 4) is 22.3 Å². The fourth-order valence-electron chi connectivity index (χ4n) is 18.0. The molecule has 2 aliphatic heterocycles. The third kappa shape index (κ3) is 20.1. The summed E-state index contributed by atoms with van der Waals surface area (Å²) in [7, 11) is -1.24. The maximum absolute atomic E-state index is 7.04. The molecule has 558 valence electrons. The summed E-state index contributed by atoms with van der Waals surface area (Å²) in [6.07, 6.45) is 67.8. The number of benzene rings is 3. The van der Waals surface area contributed by atoms with E-state index in [2.05, 4.69) is 107 Å². The van der Waals surface area contributed by atoms with Crippen LogP contribution in [0.1, 0.15) is 439 Å². The van der Waals surface area contributed by atoms with E-state index < -0.39 is 36.6 Å². The average molecular weight is 1380 g/mol. The molecule has 0 unspecified atom stereocenters. The minimum absolute atomic E-state index is 0.317. The average Bonchev–Trinajstić information content (AvgIpc) is 1.53. The molecule has 0 spiro atoms. The number of hydrogen-bond acceptors (Lipinski definition) is 10. The number of unbranched alkanes of at least 4 members (excludes halogenated alkanes) is 44. The van der Waals surface area contributed by atoms with Crippen molar-refractivity contribution in [2.24, 2.45) is 0 Å². The zero-order valence-corrected chi connectivity index (χ0v) is 66.5. The predicted molar refractivity (Wildman–Crippen MR) is 424 cm³/mol. The molecule has 0 bridgehead atoms. The van der Waals surface area contributed by atoms with Crippen molar-refractivity contribution < 1.29 is 27.9 Å². The molecular weight excluding hydrogens is 1230 g/mol. The van der Waals surface area contributed by atoms with Gasteiger partial charge in [-0.25, -0.2) is 9.26 Å². The molecule has 4 aliphatic rings. The normalized spacial score (nSPS) is 17.4. The van der Waals surface area contributed by atoms with Crippen molar-refractivity contribution >= 4 is 47.2 Å². The van der Waals surface area contributed by atoms with E-state index >= 15 is 0 Å². The largest absolute Gasteiger partial charge is 0.497 e. The van der Waals surface area contributed by atoms with Gasteiger partial charge in [0.15, 0.2) is 0 Å². The number of hydrogen-bond donors (Lipinski definition) is 0. The Kier molecular flexibility index (Phi) is 32.0. The lowest BCUT2D eigenvalue weighted by Gasteiger charge is -2.35. The summed E-state index contributed by atoms with van der Waals surface area (Å²) >= 11 is 0. The summed E-state index contributed by atoms with van der Waals surface area (Å²) in [6.45, 7) is 26.6. The van der Waals surface area contributed by atoms with Crippen molar-refractivity contribution in [1.82, 2.24) is 20.6 Å². The fraction of sp³-hybridized carbons (Fsp3) is 0.795. The Morgan fingerprint density at radius 3 is 0.670 bits per heavy atom. The minimum atomic E-state index is -0.619. The van der Waals surface area contributed by atoms with E-state index in [-0.39, 0.29) is 10.8 Å². The summed E-state index contributed by atoms with van der Waals surface area (Å²) in [5.74, 6) is 0. The Hall–Kier alpha value is -3.57. The van der Waals surface area contributed by atoms with Crippen LogP contribution in [0.15, 0.2) is 33.5 Å². The van der Waals surface area contributed by atoms with Gasteiger partial charge >= 0.3 is 14.2 Å². The molecule has 5 aromatic rings. The second-order valence-electron chi connectivity index (χ2n) is 34.5. The Bertz CT molecular complexity index is 2900. The second-order valence-corrected chi connectivity index (χ2v) is 34.5. The van der Waals surface area contributed by atoms with E-state index in [4.69, 9.17) is 48.5 Å². The molecule has 4 heterocycles. The lowest BCUT2D eigenvalue weighted by atomic mass is 9.67. The molecular formula is C88H144B2N4O6. The quantitative estimate of drug-likeness (QED) is 0.0275. The van der Waals surface area contributed by atoms with Crippen molar-refractivity contribution in [1.29, 1.82) is 0 Å². The highest BCUT2D eigenvalue weighted by atomic mass is 16.7. The number of aromatic nitrogens is 4. The fourth-order valence-corrected chi connectivity index (χ4v) is 18.0. The van der Waals surface area contributed by atoms with Gasteiger partial charge in [-0.3, -0.25) is 0 Å². The molecule has 2 aliphatic carbocycles. The highest BCUT2D eigenvalue weighted by Gasteiger charge is 2.57. The van der Waals surface area contributed by atoms with Crippen LogP contribution >= 0.6 is 0 Å². The van der Waals surface area contributed by atoms with Crippen LogP contribution in [-0.2, 0) is 29.4 Å². The van der Waals surface area contributed by atoms with Gasteiger partial charge in [-0.05, 0) is 137 Å². The molecule has 100 heavy (non-hydrogen) atoms. The van der Waals surface area contributed by atoms with Crippen molar-refractivity contribution in [2.75, 3.05) is 0 Å². The van der Waals surface area contributed by atoms with Gasteiger partial charge in [0, 0.05) is 32.9 Å². The maximum Gasteiger partial charge on any atom is 0.497 e. The molecule has 0 atom stereocenters. The first-order valence-electron chi connectivity index (χ1n) is 43.0. The third-order valence-corrected chi connectivity index (χ3v) is 25.7.